The van der Waals surface area contributed by atoms with E-state index < -0.39 is 0 Å². The molecule has 1 aromatic carbocycles. The van der Waals surface area contributed by atoms with E-state index >= 15 is 0 Å². The van der Waals surface area contributed by atoms with Gasteiger partial charge in [-0.3, -0.25) is 4.90 Å². The minimum absolute atomic E-state index is 0.289. The van der Waals surface area contributed by atoms with Crippen molar-refractivity contribution in [2.75, 3.05) is 19.6 Å². The third kappa shape index (κ3) is 4.05. The molecular formula is C17H27NO2. The molecule has 0 spiro atoms. The van der Waals surface area contributed by atoms with Crippen LogP contribution in [-0.4, -0.2) is 41.8 Å². The van der Waals surface area contributed by atoms with Crippen LogP contribution in [0.1, 0.15) is 43.1 Å². The lowest BCUT2D eigenvalue weighted by molar-refractivity contribution is -0.0702. The predicted octanol–water partition coefficient (Wildman–Crippen LogP) is 2.84. The van der Waals surface area contributed by atoms with Crippen LogP contribution in [0.4, 0.5) is 0 Å². The van der Waals surface area contributed by atoms with Crippen LogP contribution in [0.2, 0.25) is 0 Å². The molecule has 2 rings (SSSR count). The monoisotopic (exact) mass is 277 g/mol. The summed E-state index contributed by atoms with van der Waals surface area (Å²) in [5.41, 5.74) is 3.55. The van der Waals surface area contributed by atoms with Crippen LogP contribution < -0.4 is 0 Å². The minimum atomic E-state index is -0.372. The molecule has 1 N–H and O–H groups in total. The second kappa shape index (κ2) is 6.70. The third-order valence-electron chi connectivity index (χ3n) is 4.13. The number of ether oxygens (including phenoxy) is 1. The molecule has 3 nitrogen and oxygen atoms in total. The highest BCUT2D eigenvalue weighted by Gasteiger charge is 2.22. The maximum Gasteiger partial charge on any atom is 0.0802 e. The van der Waals surface area contributed by atoms with Crippen LogP contribution in [0.15, 0.2) is 18.2 Å². The molecule has 20 heavy (non-hydrogen) atoms. The topological polar surface area (TPSA) is 32.7 Å². The molecule has 0 saturated carbocycles. The number of aliphatic hydroxyl groups is 1. The zero-order valence-electron chi connectivity index (χ0n) is 13.1. The van der Waals surface area contributed by atoms with Crippen molar-refractivity contribution in [2.45, 2.75) is 52.4 Å². The van der Waals surface area contributed by atoms with Crippen molar-refractivity contribution < 1.29 is 9.84 Å². The molecule has 1 aliphatic heterocycles. The van der Waals surface area contributed by atoms with Gasteiger partial charge in [-0.25, -0.2) is 0 Å². The fourth-order valence-corrected chi connectivity index (χ4v) is 2.91. The summed E-state index contributed by atoms with van der Waals surface area (Å²) in [6.07, 6.45) is 0.986. The van der Waals surface area contributed by atoms with E-state index in [9.17, 15) is 5.11 Å². The second-order valence-electron chi connectivity index (χ2n) is 6.17. The summed E-state index contributed by atoms with van der Waals surface area (Å²) in [6.45, 7) is 11.3. The van der Waals surface area contributed by atoms with Gasteiger partial charge in [-0.1, -0.05) is 18.2 Å². The summed E-state index contributed by atoms with van der Waals surface area (Å²) < 4.78 is 5.73. The summed E-state index contributed by atoms with van der Waals surface area (Å²) in [5.74, 6) is 0. The summed E-state index contributed by atoms with van der Waals surface area (Å²) in [4.78, 5) is 2.39. The van der Waals surface area contributed by atoms with E-state index in [1.165, 1.54) is 11.1 Å². The fourth-order valence-electron chi connectivity index (χ4n) is 2.91. The van der Waals surface area contributed by atoms with Gasteiger partial charge in [-0.2, -0.15) is 0 Å². The first-order chi connectivity index (χ1) is 9.45. The van der Waals surface area contributed by atoms with Crippen LogP contribution in [-0.2, 0) is 4.74 Å². The number of benzene rings is 1. The van der Waals surface area contributed by atoms with E-state index in [1.54, 1.807) is 0 Å². The number of hydrogen-bond acceptors (Lipinski definition) is 3. The average molecular weight is 277 g/mol. The van der Waals surface area contributed by atoms with Crippen LogP contribution in [0.5, 0.6) is 0 Å². The highest BCUT2D eigenvalue weighted by molar-refractivity contribution is 5.31. The van der Waals surface area contributed by atoms with Gasteiger partial charge in [-0.15, -0.1) is 0 Å². The Balaban J connectivity index is 1.88. The quantitative estimate of drug-likeness (QED) is 0.918. The SMILES string of the molecule is Cc1ccc(C(O)CCN2CC(C)OC(C)C2)cc1C. The van der Waals surface area contributed by atoms with Gasteiger partial charge in [0.25, 0.3) is 0 Å². The van der Waals surface area contributed by atoms with Gasteiger partial charge in [-0.05, 0) is 50.8 Å². The van der Waals surface area contributed by atoms with Gasteiger partial charge in [0.05, 0.1) is 18.3 Å². The van der Waals surface area contributed by atoms with Gasteiger partial charge in [0.15, 0.2) is 0 Å². The Kier molecular flexibility index (Phi) is 5.19. The summed E-state index contributed by atoms with van der Waals surface area (Å²) in [5, 5.41) is 10.3. The number of rotatable bonds is 4. The molecular weight excluding hydrogens is 250 g/mol. The highest BCUT2D eigenvalue weighted by Crippen LogP contribution is 2.21. The molecule has 0 bridgehead atoms. The molecule has 1 fully saturated rings. The Morgan fingerprint density at radius 3 is 2.45 bits per heavy atom. The molecule has 1 aromatic rings. The second-order valence-corrected chi connectivity index (χ2v) is 6.17. The maximum absolute atomic E-state index is 10.3. The van der Waals surface area contributed by atoms with E-state index in [1.807, 2.05) is 6.07 Å². The van der Waals surface area contributed by atoms with Gasteiger partial charge in [0.2, 0.25) is 0 Å². The van der Waals surface area contributed by atoms with Gasteiger partial charge >= 0.3 is 0 Å². The standard InChI is InChI=1S/C17H27NO2/c1-12-5-6-16(9-13(12)2)17(19)7-8-18-10-14(3)20-15(4)11-18/h5-6,9,14-15,17,19H,7-8,10-11H2,1-4H3. The molecule has 0 amide bonds. The number of aryl methyl sites for hydroxylation is 2. The van der Waals surface area contributed by atoms with Gasteiger partial charge < -0.3 is 9.84 Å². The molecule has 3 unspecified atom stereocenters. The van der Waals surface area contributed by atoms with Crippen LogP contribution in [0.25, 0.3) is 0 Å². The summed E-state index contributed by atoms with van der Waals surface area (Å²) in [7, 11) is 0. The fraction of sp³-hybridized carbons (Fsp3) is 0.647. The summed E-state index contributed by atoms with van der Waals surface area (Å²) in [6, 6.07) is 6.23. The molecule has 1 saturated heterocycles. The number of nitrogens with zero attached hydrogens (tertiary/aromatic N) is 1. The zero-order valence-corrected chi connectivity index (χ0v) is 13.1. The highest BCUT2D eigenvalue weighted by atomic mass is 16.5. The van der Waals surface area contributed by atoms with Crippen molar-refractivity contribution in [1.82, 2.24) is 4.90 Å². The Morgan fingerprint density at radius 2 is 1.85 bits per heavy atom. The van der Waals surface area contributed by atoms with Gasteiger partial charge in [0, 0.05) is 19.6 Å². The van der Waals surface area contributed by atoms with Crippen molar-refractivity contribution in [2.24, 2.45) is 0 Å². The molecule has 0 aliphatic carbocycles. The van der Waals surface area contributed by atoms with Crippen molar-refractivity contribution in [3.63, 3.8) is 0 Å². The van der Waals surface area contributed by atoms with Crippen LogP contribution in [0.3, 0.4) is 0 Å². The molecule has 1 heterocycles. The molecule has 3 heteroatoms. The smallest absolute Gasteiger partial charge is 0.0802 e. The number of hydrogen-bond donors (Lipinski definition) is 1. The van der Waals surface area contributed by atoms with Crippen molar-refractivity contribution in [3.05, 3.63) is 34.9 Å². The van der Waals surface area contributed by atoms with E-state index in [2.05, 4.69) is 44.7 Å². The van der Waals surface area contributed by atoms with Crippen molar-refractivity contribution >= 4 is 0 Å². The maximum atomic E-state index is 10.3. The zero-order chi connectivity index (χ0) is 14.7. The van der Waals surface area contributed by atoms with E-state index in [-0.39, 0.29) is 18.3 Å². The Hall–Kier alpha value is -0.900. The summed E-state index contributed by atoms with van der Waals surface area (Å²) >= 11 is 0. The first-order valence-electron chi connectivity index (χ1n) is 7.58. The minimum Gasteiger partial charge on any atom is -0.388 e. The van der Waals surface area contributed by atoms with Gasteiger partial charge in [0.1, 0.15) is 0 Å². The lowest BCUT2D eigenvalue weighted by Gasteiger charge is -2.35. The number of morpholine rings is 1. The first kappa shape index (κ1) is 15.5. The number of aliphatic hydroxyl groups excluding tert-OH is 1. The van der Waals surface area contributed by atoms with Crippen LogP contribution in [0, 0.1) is 13.8 Å². The van der Waals surface area contributed by atoms with Crippen molar-refractivity contribution in [3.8, 4) is 0 Å². The largest absolute Gasteiger partial charge is 0.388 e. The Labute approximate surface area is 122 Å². The van der Waals surface area contributed by atoms with E-state index in [0.29, 0.717) is 0 Å². The van der Waals surface area contributed by atoms with E-state index in [4.69, 9.17) is 4.74 Å². The molecule has 0 radical (unpaired) electrons. The third-order valence-corrected chi connectivity index (χ3v) is 4.13. The lowest BCUT2D eigenvalue weighted by Crippen LogP contribution is -2.45. The lowest BCUT2D eigenvalue weighted by atomic mass is 10.0. The molecule has 0 aromatic heterocycles. The predicted molar refractivity (Wildman–Crippen MR) is 81.9 cm³/mol. The average Bonchev–Trinajstić information content (AvgIpc) is 2.38. The van der Waals surface area contributed by atoms with Crippen LogP contribution >= 0.6 is 0 Å². The Morgan fingerprint density at radius 1 is 1.20 bits per heavy atom. The first-order valence-corrected chi connectivity index (χ1v) is 7.58. The normalized spacial score (nSPS) is 25.6. The Bertz CT molecular complexity index is 437. The molecule has 3 atom stereocenters. The van der Waals surface area contributed by atoms with Crippen molar-refractivity contribution in [1.29, 1.82) is 0 Å². The molecule has 112 valence electrons. The van der Waals surface area contributed by atoms with E-state index in [0.717, 1.165) is 31.6 Å². The molecule has 1 aliphatic rings.